The van der Waals surface area contributed by atoms with Gasteiger partial charge in [0.25, 0.3) is 5.91 Å². The van der Waals surface area contributed by atoms with Crippen LogP contribution >= 0.6 is 0 Å². The Labute approximate surface area is 166 Å². The molecule has 1 aromatic carbocycles. The molecule has 1 aliphatic rings. The highest BCUT2D eigenvalue weighted by Gasteiger charge is 2.24. The third-order valence-electron chi connectivity index (χ3n) is 4.98. The molecule has 154 valence electrons. The van der Waals surface area contributed by atoms with Gasteiger partial charge in [0.1, 0.15) is 31.5 Å². The maximum absolute atomic E-state index is 13.4. The molecule has 0 bridgehead atoms. The van der Waals surface area contributed by atoms with Crippen LogP contribution in [0.3, 0.4) is 0 Å². The second-order valence-electron chi connectivity index (χ2n) is 6.94. The molecule has 3 rings (SSSR count). The van der Waals surface area contributed by atoms with Gasteiger partial charge in [-0.2, -0.15) is 0 Å². The number of halogens is 3. The zero-order chi connectivity index (χ0) is 20.8. The summed E-state index contributed by atoms with van der Waals surface area (Å²) >= 11 is 0. The molecule has 1 amide bonds. The van der Waals surface area contributed by atoms with E-state index in [9.17, 15) is 22.8 Å². The molecule has 0 atom stereocenters. The summed E-state index contributed by atoms with van der Waals surface area (Å²) in [6, 6.07) is 7.08. The Balaban J connectivity index is 1.83. The Hall–Kier alpha value is -2.74. The zero-order valence-electron chi connectivity index (χ0n) is 15.8. The van der Waals surface area contributed by atoms with Crippen molar-refractivity contribution in [1.29, 1.82) is 0 Å². The van der Waals surface area contributed by atoms with E-state index in [1.807, 2.05) is 0 Å². The van der Waals surface area contributed by atoms with Crippen molar-refractivity contribution in [2.24, 2.45) is 5.92 Å². The third-order valence-corrected chi connectivity index (χ3v) is 4.98. The maximum atomic E-state index is 13.4. The van der Waals surface area contributed by atoms with Gasteiger partial charge in [-0.15, -0.1) is 0 Å². The maximum Gasteiger partial charge on any atom is 0.257 e. The Morgan fingerprint density at radius 2 is 1.69 bits per heavy atom. The summed E-state index contributed by atoms with van der Waals surface area (Å²) in [7, 11) is 0. The van der Waals surface area contributed by atoms with E-state index >= 15 is 0 Å². The smallest absolute Gasteiger partial charge is 0.257 e. The van der Waals surface area contributed by atoms with E-state index in [4.69, 9.17) is 0 Å². The number of hydrogen-bond acceptors (Lipinski definition) is 4. The van der Waals surface area contributed by atoms with Crippen LogP contribution in [-0.2, 0) is 20.0 Å². The number of amides is 1. The lowest BCUT2D eigenvalue weighted by atomic mass is 9.92. The van der Waals surface area contributed by atoms with Gasteiger partial charge in [-0.1, -0.05) is 6.07 Å². The average molecular weight is 405 g/mol. The van der Waals surface area contributed by atoms with Gasteiger partial charge < -0.3 is 10.6 Å². The highest BCUT2D eigenvalue weighted by molar-refractivity contribution is 6.06. The number of alkyl halides is 3. The predicted octanol–water partition coefficient (Wildman–Crippen LogP) is 3.92. The number of rotatable bonds is 7. The normalized spacial score (nSPS) is 14.6. The van der Waals surface area contributed by atoms with E-state index in [0.717, 1.165) is 25.9 Å². The van der Waals surface area contributed by atoms with Crippen LogP contribution in [0.5, 0.6) is 0 Å². The molecule has 1 aromatic heterocycles. The van der Waals surface area contributed by atoms with Crippen LogP contribution in [-0.4, -0.2) is 29.8 Å². The number of carbonyl (C=O) groups excluding carboxylic acids is 2. The minimum atomic E-state index is -1.04. The summed E-state index contributed by atoms with van der Waals surface area (Å²) in [4.78, 5) is 29.5. The molecule has 0 unspecified atom stereocenters. The van der Waals surface area contributed by atoms with Crippen molar-refractivity contribution in [2.45, 2.75) is 32.9 Å². The molecule has 1 aliphatic heterocycles. The van der Waals surface area contributed by atoms with Crippen LogP contribution < -0.4 is 10.6 Å². The lowest BCUT2D eigenvalue weighted by molar-refractivity contribution is 0.0889. The highest BCUT2D eigenvalue weighted by atomic mass is 19.1. The lowest BCUT2D eigenvalue weighted by Crippen LogP contribution is -2.32. The van der Waals surface area contributed by atoms with Crippen molar-refractivity contribution < 1.29 is 22.8 Å². The molecule has 0 aliphatic carbocycles. The van der Waals surface area contributed by atoms with Crippen LogP contribution in [0.2, 0.25) is 0 Å². The van der Waals surface area contributed by atoms with Crippen molar-refractivity contribution in [3.05, 3.63) is 58.3 Å². The first-order chi connectivity index (χ1) is 14.1. The Morgan fingerprint density at radius 3 is 2.28 bits per heavy atom. The molecule has 0 radical (unpaired) electrons. The molecule has 0 saturated carbocycles. The highest BCUT2D eigenvalue weighted by Crippen LogP contribution is 2.23. The minimum absolute atomic E-state index is 0.0905. The molecular formula is C21H22F3N3O2. The molecule has 2 N–H and O–H groups in total. The molecule has 5 nitrogen and oxygen atoms in total. The summed E-state index contributed by atoms with van der Waals surface area (Å²) < 4.78 is 39.7. The number of hydrogen-bond donors (Lipinski definition) is 2. The van der Waals surface area contributed by atoms with Crippen LogP contribution in [0.15, 0.2) is 30.3 Å². The molecule has 0 spiro atoms. The van der Waals surface area contributed by atoms with Gasteiger partial charge in [-0.05, 0) is 66.9 Å². The average Bonchev–Trinajstić information content (AvgIpc) is 2.78. The summed E-state index contributed by atoms with van der Waals surface area (Å²) in [5.74, 6) is -0.864. The predicted molar refractivity (Wildman–Crippen MR) is 103 cm³/mol. The fraction of sp³-hybridized carbons (Fsp3) is 0.381. The summed E-state index contributed by atoms with van der Waals surface area (Å²) in [5, 5.41) is 5.69. The van der Waals surface area contributed by atoms with E-state index in [2.05, 4.69) is 15.6 Å². The van der Waals surface area contributed by atoms with Crippen LogP contribution in [0, 0.1) is 5.92 Å². The van der Waals surface area contributed by atoms with Crippen molar-refractivity contribution in [3.63, 3.8) is 0 Å². The number of ketones is 1. The fourth-order valence-electron chi connectivity index (χ4n) is 3.53. The van der Waals surface area contributed by atoms with Gasteiger partial charge in [0.15, 0.2) is 5.78 Å². The Bertz CT molecular complexity index is 873. The van der Waals surface area contributed by atoms with Gasteiger partial charge in [0, 0.05) is 5.92 Å². The number of anilines is 1. The summed E-state index contributed by atoms with van der Waals surface area (Å²) in [6.45, 7) is -1.43. The zero-order valence-corrected chi connectivity index (χ0v) is 15.8. The number of pyridine rings is 1. The molecule has 2 heterocycles. The quantitative estimate of drug-likeness (QED) is 0.685. The third kappa shape index (κ3) is 4.82. The monoisotopic (exact) mass is 405 g/mol. The minimum Gasteiger partial charge on any atom is -0.317 e. The topological polar surface area (TPSA) is 71.1 Å². The van der Waals surface area contributed by atoms with Crippen molar-refractivity contribution in [1.82, 2.24) is 10.3 Å². The lowest BCUT2D eigenvalue weighted by Gasteiger charge is -2.21. The Kier molecular flexibility index (Phi) is 6.98. The molecule has 8 heteroatoms. The van der Waals surface area contributed by atoms with E-state index in [1.54, 1.807) is 12.1 Å². The second kappa shape index (κ2) is 9.65. The van der Waals surface area contributed by atoms with Crippen LogP contribution in [0.1, 0.15) is 50.4 Å². The van der Waals surface area contributed by atoms with Crippen molar-refractivity contribution in [3.8, 4) is 0 Å². The fourth-order valence-corrected chi connectivity index (χ4v) is 3.53. The number of carbonyl (C=O) groups is 2. The van der Waals surface area contributed by atoms with Crippen molar-refractivity contribution in [2.75, 3.05) is 18.4 Å². The van der Waals surface area contributed by atoms with E-state index in [-0.39, 0.29) is 45.5 Å². The van der Waals surface area contributed by atoms with Gasteiger partial charge >= 0.3 is 0 Å². The number of piperidine rings is 1. The molecule has 1 saturated heterocycles. The number of benzene rings is 1. The van der Waals surface area contributed by atoms with E-state index in [1.165, 1.54) is 18.2 Å². The molecule has 1 fully saturated rings. The van der Waals surface area contributed by atoms with Gasteiger partial charge in [0.2, 0.25) is 0 Å². The Morgan fingerprint density at radius 1 is 1.03 bits per heavy atom. The molecular weight excluding hydrogens is 383 g/mol. The number of nitrogens with one attached hydrogen (secondary N) is 2. The first kappa shape index (κ1) is 21.0. The van der Waals surface area contributed by atoms with E-state index < -0.39 is 25.9 Å². The number of aromatic nitrogens is 1. The number of Topliss-reactive ketones (excluding diaryl/α,β-unsaturated/α-hetero) is 1. The van der Waals surface area contributed by atoms with Gasteiger partial charge in [-0.3, -0.25) is 9.59 Å². The van der Waals surface area contributed by atoms with Gasteiger partial charge in [0.05, 0.1) is 5.56 Å². The van der Waals surface area contributed by atoms with Crippen molar-refractivity contribution >= 4 is 17.5 Å². The first-order valence-corrected chi connectivity index (χ1v) is 9.43. The molecule has 29 heavy (non-hydrogen) atoms. The molecule has 2 aromatic rings. The largest absolute Gasteiger partial charge is 0.317 e. The van der Waals surface area contributed by atoms with Crippen LogP contribution in [0.25, 0.3) is 0 Å². The number of nitrogens with zero attached hydrogens (tertiary/aromatic N) is 1. The summed E-state index contributed by atoms with van der Waals surface area (Å²) in [6.07, 6.45) is 1.44. The second-order valence-corrected chi connectivity index (χ2v) is 6.94. The first-order valence-electron chi connectivity index (χ1n) is 9.43. The van der Waals surface area contributed by atoms with E-state index in [0.29, 0.717) is 0 Å². The SMILES string of the molecule is O=C(Nc1cccc(C(=O)C2CCNCC2)n1)c1c(CF)cc(CF)cc1CF. The standard InChI is InChI=1S/C21H22F3N3O2/c22-10-13-8-15(11-23)19(16(9-13)12-24)21(29)27-18-3-1-2-17(26-18)20(28)14-4-6-25-7-5-14/h1-3,8-9,14,25H,4-7,10-12H2,(H,26,27,29). The van der Waals surface area contributed by atoms with Gasteiger partial charge in [-0.25, -0.2) is 18.2 Å². The summed E-state index contributed by atoms with van der Waals surface area (Å²) in [5.41, 5.74) is -0.0167. The van der Waals surface area contributed by atoms with Crippen LogP contribution in [0.4, 0.5) is 19.0 Å².